The van der Waals surface area contributed by atoms with Gasteiger partial charge in [-0.15, -0.1) is 0 Å². The van der Waals surface area contributed by atoms with Crippen molar-refractivity contribution in [3.63, 3.8) is 0 Å². The lowest BCUT2D eigenvalue weighted by atomic mass is 10.2. The lowest BCUT2D eigenvalue weighted by molar-refractivity contribution is -0.137. The average Bonchev–Trinajstić information content (AvgIpc) is 2.67. The zero-order valence-corrected chi connectivity index (χ0v) is 14.8. The summed E-state index contributed by atoms with van der Waals surface area (Å²) in [7, 11) is -3.86. The molecule has 0 unspecified atom stereocenters. The maximum absolute atomic E-state index is 12.9. The van der Waals surface area contributed by atoms with Crippen LogP contribution in [0.2, 0.25) is 0 Å². The number of pyridine rings is 1. The Labute approximate surface area is 154 Å². The maximum Gasteiger partial charge on any atom is 0.416 e. The van der Waals surface area contributed by atoms with Crippen LogP contribution in [0.25, 0.3) is 0 Å². The first kappa shape index (κ1) is 19.1. The lowest BCUT2D eigenvalue weighted by Gasteiger charge is -2.35. The van der Waals surface area contributed by atoms with E-state index in [9.17, 15) is 21.6 Å². The summed E-state index contributed by atoms with van der Waals surface area (Å²) in [6.07, 6.45) is -3.38. The Bertz CT molecular complexity index is 978. The number of nitrogens with zero attached hydrogens (tertiary/aromatic N) is 4. The molecule has 0 spiro atoms. The number of hydrogen-bond donors (Lipinski definition) is 0. The fraction of sp³-hybridized carbons (Fsp3) is 0.294. The molecule has 0 aliphatic carbocycles. The number of aromatic nitrogens is 1. The largest absolute Gasteiger partial charge is 0.416 e. The number of hydrogen-bond acceptors (Lipinski definition) is 5. The van der Waals surface area contributed by atoms with Gasteiger partial charge in [-0.3, -0.25) is 0 Å². The van der Waals surface area contributed by atoms with Crippen LogP contribution in [0.3, 0.4) is 0 Å². The number of sulfonamides is 1. The van der Waals surface area contributed by atoms with Crippen LogP contribution in [0, 0.1) is 11.3 Å². The summed E-state index contributed by atoms with van der Waals surface area (Å²) in [5, 5.41) is 9.12. The molecule has 10 heteroatoms. The molecular weight excluding hydrogens is 381 g/mol. The Morgan fingerprint density at radius 1 is 1.07 bits per heavy atom. The smallest absolute Gasteiger partial charge is 0.354 e. The van der Waals surface area contributed by atoms with Gasteiger partial charge in [0.15, 0.2) is 0 Å². The van der Waals surface area contributed by atoms with Gasteiger partial charge in [-0.25, -0.2) is 13.4 Å². The van der Waals surface area contributed by atoms with E-state index in [0.29, 0.717) is 0 Å². The second kappa shape index (κ2) is 7.17. The highest BCUT2D eigenvalue weighted by Crippen LogP contribution is 2.31. The molecule has 1 fully saturated rings. The van der Waals surface area contributed by atoms with Crippen LogP contribution in [-0.4, -0.2) is 43.9 Å². The van der Waals surface area contributed by atoms with Gasteiger partial charge >= 0.3 is 6.18 Å². The molecule has 0 amide bonds. The molecule has 0 bridgehead atoms. The summed E-state index contributed by atoms with van der Waals surface area (Å²) >= 11 is 0. The quantitative estimate of drug-likeness (QED) is 0.797. The van der Waals surface area contributed by atoms with Crippen LogP contribution in [-0.2, 0) is 16.2 Å². The molecule has 3 rings (SSSR count). The van der Waals surface area contributed by atoms with Gasteiger partial charge in [0.2, 0.25) is 10.0 Å². The molecule has 27 heavy (non-hydrogen) atoms. The van der Waals surface area contributed by atoms with Crippen molar-refractivity contribution in [1.82, 2.24) is 9.29 Å². The monoisotopic (exact) mass is 396 g/mol. The molecule has 0 saturated carbocycles. The van der Waals surface area contributed by atoms with Crippen molar-refractivity contribution >= 4 is 15.8 Å². The summed E-state index contributed by atoms with van der Waals surface area (Å²) in [5.41, 5.74) is -0.745. The summed E-state index contributed by atoms with van der Waals surface area (Å²) in [6.45, 7) is 0.560. The topological polar surface area (TPSA) is 77.3 Å². The third-order valence-electron chi connectivity index (χ3n) is 4.26. The first-order valence-electron chi connectivity index (χ1n) is 8.01. The molecule has 1 saturated heterocycles. The Hall–Kier alpha value is -2.64. The summed E-state index contributed by atoms with van der Waals surface area (Å²) in [5.74, 6) is 0.152. The third kappa shape index (κ3) is 3.89. The van der Waals surface area contributed by atoms with Crippen molar-refractivity contribution < 1.29 is 21.6 Å². The molecule has 142 valence electrons. The number of nitriles is 1. The highest BCUT2D eigenvalue weighted by Gasteiger charge is 2.33. The minimum absolute atomic E-state index is 0.0551. The molecule has 2 aromatic rings. The summed E-state index contributed by atoms with van der Waals surface area (Å²) < 4.78 is 65.4. The van der Waals surface area contributed by atoms with E-state index in [-0.39, 0.29) is 42.5 Å². The van der Waals surface area contributed by atoms with Crippen LogP contribution in [0.15, 0.2) is 47.5 Å². The normalized spacial score (nSPS) is 16.1. The van der Waals surface area contributed by atoms with Crippen LogP contribution < -0.4 is 4.90 Å². The van der Waals surface area contributed by atoms with Crippen LogP contribution in [0.1, 0.15) is 11.1 Å². The Kier molecular flexibility index (Phi) is 5.08. The minimum atomic E-state index is -4.47. The standard InChI is InChI=1S/C17H15F3N4O2S/c18-17(19,20)14-5-6-22-16(11-14)23-7-9-24(10-8-23)27(25,26)15-4-2-1-3-13(15)12-21/h1-6,11H,7-10H2. The van der Waals surface area contributed by atoms with Gasteiger partial charge in [0.05, 0.1) is 16.0 Å². The Morgan fingerprint density at radius 3 is 2.37 bits per heavy atom. The van der Waals surface area contributed by atoms with Crippen molar-refractivity contribution in [2.75, 3.05) is 31.1 Å². The van der Waals surface area contributed by atoms with Gasteiger partial charge in [0, 0.05) is 32.4 Å². The average molecular weight is 396 g/mol. The van der Waals surface area contributed by atoms with Crippen molar-refractivity contribution in [2.24, 2.45) is 0 Å². The van der Waals surface area contributed by atoms with Gasteiger partial charge in [-0.2, -0.15) is 22.7 Å². The molecule has 1 aromatic heterocycles. The predicted molar refractivity (Wildman–Crippen MR) is 91.4 cm³/mol. The van der Waals surface area contributed by atoms with E-state index in [4.69, 9.17) is 5.26 Å². The molecule has 6 nitrogen and oxygen atoms in total. The summed E-state index contributed by atoms with van der Waals surface area (Å²) in [4.78, 5) is 5.50. The first-order valence-corrected chi connectivity index (χ1v) is 9.45. The first-order chi connectivity index (χ1) is 12.7. The number of benzene rings is 1. The van der Waals surface area contributed by atoms with Gasteiger partial charge in [-0.1, -0.05) is 12.1 Å². The highest BCUT2D eigenvalue weighted by atomic mass is 32.2. The van der Waals surface area contributed by atoms with E-state index in [2.05, 4.69) is 4.98 Å². The Morgan fingerprint density at radius 2 is 1.74 bits per heavy atom. The molecular formula is C17H15F3N4O2S. The third-order valence-corrected chi connectivity index (χ3v) is 6.22. The van der Waals surface area contributed by atoms with E-state index in [1.165, 1.54) is 22.5 Å². The van der Waals surface area contributed by atoms with Crippen LogP contribution >= 0.6 is 0 Å². The zero-order chi connectivity index (χ0) is 19.7. The molecule has 1 aromatic carbocycles. The summed E-state index contributed by atoms with van der Waals surface area (Å²) in [6, 6.07) is 9.62. The van der Waals surface area contributed by atoms with Gasteiger partial charge < -0.3 is 4.90 Å². The minimum Gasteiger partial charge on any atom is -0.354 e. The fourth-order valence-electron chi connectivity index (χ4n) is 2.85. The van der Waals surface area contributed by atoms with E-state index in [1.54, 1.807) is 11.0 Å². The van der Waals surface area contributed by atoms with E-state index < -0.39 is 21.8 Å². The maximum atomic E-state index is 12.9. The van der Waals surface area contributed by atoms with Crippen molar-refractivity contribution in [1.29, 1.82) is 5.26 Å². The van der Waals surface area contributed by atoms with Crippen LogP contribution in [0.4, 0.5) is 19.0 Å². The fourth-order valence-corrected chi connectivity index (χ4v) is 4.41. The number of alkyl halides is 3. The van der Waals surface area contributed by atoms with Crippen molar-refractivity contribution in [3.05, 3.63) is 53.7 Å². The van der Waals surface area contributed by atoms with E-state index in [1.807, 2.05) is 6.07 Å². The Balaban J connectivity index is 1.77. The van der Waals surface area contributed by atoms with Gasteiger partial charge in [-0.05, 0) is 24.3 Å². The zero-order valence-electron chi connectivity index (χ0n) is 14.0. The highest BCUT2D eigenvalue weighted by molar-refractivity contribution is 7.89. The molecule has 0 N–H and O–H groups in total. The second-order valence-electron chi connectivity index (χ2n) is 5.90. The number of piperazine rings is 1. The van der Waals surface area contributed by atoms with Gasteiger partial charge in [0.25, 0.3) is 0 Å². The second-order valence-corrected chi connectivity index (χ2v) is 7.81. The molecule has 0 radical (unpaired) electrons. The molecule has 0 atom stereocenters. The molecule has 1 aliphatic rings. The number of anilines is 1. The van der Waals surface area contributed by atoms with Crippen molar-refractivity contribution in [3.8, 4) is 6.07 Å². The molecule has 1 aliphatic heterocycles. The van der Waals surface area contributed by atoms with Crippen molar-refractivity contribution in [2.45, 2.75) is 11.1 Å². The SMILES string of the molecule is N#Cc1ccccc1S(=O)(=O)N1CCN(c2cc(C(F)(F)F)ccn2)CC1. The van der Waals surface area contributed by atoms with E-state index in [0.717, 1.165) is 18.3 Å². The number of rotatable bonds is 3. The molecule has 2 heterocycles. The lowest BCUT2D eigenvalue weighted by Crippen LogP contribution is -2.49. The van der Waals surface area contributed by atoms with E-state index >= 15 is 0 Å². The number of halogens is 3. The van der Waals surface area contributed by atoms with Crippen LogP contribution in [0.5, 0.6) is 0 Å². The predicted octanol–water partition coefficient (Wildman–Crippen LogP) is 2.48. The van der Waals surface area contributed by atoms with Gasteiger partial charge in [0.1, 0.15) is 11.9 Å².